The summed E-state index contributed by atoms with van der Waals surface area (Å²) in [6.07, 6.45) is 0.997. The zero-order valence-electron chi connectivity index (χ0n) is 14.6. The maximum absolute atomic E-state index is 11.6. The van der Waals surface area contributed by atoms with Crippen LogP contribution in [0.25, 0.3) is 22.7 Å². The van der Waals surface area contributed by atoms with Crippen LogP contribution >= 0.6 is 11.8 Å². The normalized spacial score (nSPS) is 11.0. The molecule has 0 aliphatic carbocycles. The molecule has 0 saturated heterocycles. The largest absolute Gasteiger partial charge is 0.519 e. The van der Waals surface area contributed by atoms with Gasteiger partial charge in [-0.2, -0.15) is 0 Å². The molecule has 1 N–H and O–H groups in total. The van der Waals surface area contributed by atoms with Gasteiger partial charge in [0.15, 0.2) is 17.3 Å². The second kappa shape index (κ2) is 7.67. The van der Waals surface area contributed by atoms with Crippen molar-refractivity contribution < 1.29 is 8.83 Å². The number of aromatic nitrogens is 3. The van der Waals surface area contributed by atoms with Gasteiger partial charge in [0, 0.05) is 11.1 Å². The first-order valence-corrected chi connectivity index (χ1v) is 9.54. The van der Waals surface area contributed by atoms with E-state index < -0.39 is 5.82 Å². The van der Waals surface area contributed by atoms with Gasteiger partial charge in [0.2, 0.25) is 5.16 Å². The molecule has 136 valence electrons. The van der Waals surface area contributed by atoms with Crippen LogP contribution in [0.1, 0.15) is 18.2 Å². The molecule has 27 heavy (non-hydrogen) atoms. The van der Waals surface area contributed by atoms with Crippen molar-refractivity contribution in [1.82, 2.24) is 15.2 Å². The van der Waals surface area contributed by atoms with Crippen LogP contribution in [-0.4, -0.2) is 15.2 Å². The molecular formula is C20H17N3O3S. The quantitative estimate of drug-likeness (QED) is 0.495. The smallest absolute Gasteiger partial charge is 0.394 e. The number of benzene rings is 2. The lowest BCUT2D eigenvalue weighted by molar-refractivity contribution is 0.380. The van der Waals surface area contributed by atoms with Gasteiger partial charge in [-0.1, -0.05) is 73.3 Å². The van der Waals surface area contributed by atoms with E-state index in [0.717, 1.165) is 17.5 Å². The molecule has 0 spiro atoms. The number of nitrogens with zero attached hydrogens (tertiary/aromatic N) is 2. The van der Waals surface area contributed by atoms with Crippen molar-refractivity contribution >= 4 is 11.8 Å². The number of aryl methyl sites for hydroxylation is 1. The predicted molar refractivity (Wildman–Crippen MR) is 103 cm³/mol. The maximum Gasteiger partial charge on any atom is 0.519 e. The van der Waals surface area contributed by atoms with Gasteiger partial charge >= 0.3 is 5.82 Å². The molecule has 0 fully saturated rings. The summed E-state index contributed by atoms with van der Waals surface area (Å²) in [5.74, 6) is 1.30. The molecule has 0 atom stereocenters. The Morgan fingerprint density at radius 3 is 2.52 bits per heavy atom. The van der Waals surface area contributed by atoms with Gasteiger partial charge < -0.3 is 8.83 Å². The lowest BCUT2D eigenvalue weighted by Gasteiger charge is -1.99. The van der Waals surface area contributed by atoms with Crippen molar-refractivity contribution in [3.05, 3.63) is 76.5 Å². The molecule has 0 aliphatic rings. The molecule has 2 aromatic carbocycles. The van der Waals surface area contributed by atoms with Crippen LogP contribution in [0.15, 0.2) is 73.4 Å². The van der Waals surface area contributed by atoms with Crippen LogP contribution in [0.5, 0.6) is 0 Å². The van der Waals surface area contributed by atoms with Crippen molar-refractivity contribution in [1.29, 1.82) is 0 Å². The minimum Gasteiger partial charge on any atom is -0.394 e. The molecule has 2 heterocycles. The van der Waals surface area contributed by atoms with Crippen molar-refractivity contribution in [3.8, 4) is 22.7 Å². The lowest BCUT2D eigenvalue weighted by atomic mass is 10.1. The summed E-state index contributed by atoms with van der Waals surface area (Å²) in [6.45, 7) is 2.12. The number of nitrogens with one attached hydrogen (secondary N) is 1. The number of hydrogen-bond donors (Lipinski definition) is 1. The zero-order valence-corrected chi connectivity index (χ0v) is 15.5. The number of hydrogen-bond acceptors (Lipinski definition) is 6. The first-order valence-electron chi connectivity index (χ1n) is 8.55. The molecule has 0 radical (unpaired) electrons. The van der Waals surface area contributed by atoms with E-state index >= 15 is 0 Å². The summed E-state index contributed by atoms with van der Waals surface area (Å²) in [5, 5.41) is 7.76. The van der Waals surface area contributed by atoms with Crippen LogP contribution < -0.4 is 5.82 Å². The average Bonchev–Trinajstić information content (AvgIpc) is 3.33. The summed E-state index contributed by atoms with van der Waals surface area (Å²) in [5.41, 5.74) is 3.05. The molecule has 7 heteroatoms. The lowest BCUT2D eigenvalue weighted by Crippen LogP contribution is -1.86. The summed E-state index contributed by atoms with van der Waals surface area (Å²) in [7, 11) is 0. The fraction of sp³-hybridized carbons (Fsp3) is 0.150. The van der Waals surface area contributed by atoms with Crippen LogP contribution in [0.2, 0.25) is 0 Å². The number of H-pyrrole nitrogens is 1. The molecule has 0 saturated carbocycles. The third kappa shape index (κ3) is 3.88. The van der Waals surface area contributed by atoms with Crippen LogP contribution in [0.3, 0.4) is 0 Å². The standard InChI is InChI=1S/C20H17N3O3S/c1-2-13-8-10-15(11-9-13)18-21-19(23-22-18)27-12-16-17(26-20(24)25-16)14-6-4-3-5-7-14/h3-11H,2,12H2,1H3,(H,21,22,23). The minimum atomic E-state index is -0.712. The first kappa shape index (κ1) is 17.4. The van der Waals surface area contributed by atoms with E-state index in [-0.39, 0.29) is 0 Å². The molecule has 6 nitrogen and oxygen atoms in total. The third-order valence-corrected chi connectivity index (χ3v) is 4.96. The van der Waals surface area contributed by atoms with E-state index in [1.807, 2.05) is 42.5 Å². The van der Waals surface area contributed by atoms with Gasteiger partial charge in [-0.3, -0.25) is 5.10 Å². The third-order valence-electron chi connectivity index (χ3n) is 4.11. The van der Waals surface area contributed by atoms with Crippen LogP contribution in [0, 0.1) is 0 Å². The first-order chi connectivity index (χ1) is 13.2. The minimum absolute atomic E-state index is 0.391. The summed E-state index contributed by atoms with van der Waals surface area (Å²) >= 11 is 1.37. The zero-order chi connectivity index (χ0) is 18.6. The van der Waals surface area contributed by atoms with E-state index in [0.29, 0.717) is 28.3 Å². The summed E-state index contributed by atoms with van der Waals surface area (Å²) in [6, 6.07) is 17.6. The summed E-state index contributed by atoms with van der Waals surface area (Å²) < 4.78 is 10.4. The Labute approximate surface area is 159 Å². The molecular weight excluding hydrogens is 362 g/mol. The van der Waals surface area contributed by atoms with Crippen molar-refractivity contribution in [2.24, 2.45) is 0 Å². The second-order valence-electron chi connectivity index (χ2n) is 5.88. The fourth-order valence-electron chi connectivity index (χ4n) is 2.68. The Kier molecular flexibility index (Phi) is 4.93. The number of aromatic amines is 1. The van der Waals surface area contributed by atoms with E-state index in [1.165, 1.54) is 17.3 Å². The van der Waals surface area contributed by atoms with Crippen molar-refractivity contribution in [3.63, 3.8) is 0 Å². The van der Waals surface area contributed by atoms with Crippen molar-refractivity contribution in [2.75, 3.05) is 0 Å². The Bertz CT molecular complexity index is 1080. The highest BCUT2D eigenvalue weighted by Gasteiger charge is 2.16. The van der Waals surface area contributed by atoms with Gasteiger partial charge in [0.05, 0.1) is 5.75 Å². The molecule has 4 rings (SSSR count). The fourth-order valence-corrected chi connectivity index (χ4v) is 3.40. The monoisotopic (exact) mass is 379 g/mol. The Balaban J connectivity index is 1.50. The van der Waals surface area contributed by atoms with E-state index in [4.69, 9.17) is 8.83 Å². The molecule has 0 unspecified atom stereocenters. The van der Waals surface area contributed by atoms with E-state index in [1.54, 1.807) is 0 Å². The number of thioether (sulfide) groups is 1. The van der Waals surface area contributed by atoms with Gasteiger partial charge in [-0.05, 0) is 12.0 Å². The van der Waals surface area contributed by atoms with Gasteiger partial charge in [-0.15, -0.1) is 5.10 Å². The second-order valence-corrected chi connectivity index (χ2v) is 6.82. The van der Waals surface area contributed by atoms with E-state index in [9.17, 15) is 4.79 Å². The van der Waals surface area contributed by atoms with E-state index in [2.05, 4.69) is 34.2 Å². The number of rotatable bonds is 6. The van der Waals surface area contributed by atoms with Gasteiger partial charge in [-0.25, -0.2) is 9.78 Å². The SMILES string of the molecule is CCc1ccc(-c2nc(SCc3oc(=O)oc3-c3ccccc3)n[nH]2)cc1. The molecule has 0 aliphatic heterocycles. The van der Waals surface area contributed by atoms with Crippen LogP contribution in [-0.2, 0) is 12.2 Å². The highest BCUT2D eigenvalue weighted by molar-refractivity contribution is 7.98. The predicted octanol–water partition coefficient (Wildman–Crippen LogP) is 4.54. The molecule has 2 aromatic heterocycles. The maximum atomic E-state index is 11.6. The average molecular weight is 379 g/mol. The molecule has 0 amide bonds. The van der Waals surface area contributed by atoms with Gasteiger partial charge in [0.25, 0.3) is 0 Å². The molecule has 4 aromatic rings. The Morgan fingerprint density at radius 1 is 1.00 bits per heavy atom. The topological polar surface area (TPSA) is 84.9 Å². The van der Waals surface area contributed by atoms with Gasteiger partial charge in [0.1, 0.15) is 0 Å². The highest BCUT2D eigenvalue weighted by Crippen LogP contribution is 2.28. The Morgan fingerprint density at radius 2 is 1.78 bits per heavy atom. The summed E-state index contributed by atoms with van der Waals surface area (Å²) in [4.78, 5) is 16.1. The van der Waals surface area contributed by atoms with Crippen LogP contribution in [0.4, 0.5) is 0 Å². The molecule has 0 bridgehead atoms. The Hall–Kier alpha value is -3.06. The van der Waals surface area contributed by atoms with Crippen molar-refractivity contribution in [2.45, 2.75) is 24.3 Å². The highest BCUT2D eigenvalue weighted by atomic mass is 32.2.